The quantitative estimate of drug-likeness (QED) is 0.923. The standard InChI is InChI=1S/C12H16BrN5O2/c1-8(11-16-14-7-18(11)3)15-12(19)17(2)6-9-4-5-10(13)20-9/h4-5,7-8H,6H2,1-3H3,(H,15,19). The lowest BCUT2D eigenvalue weighted by Gasteiger charge is -2.20. The third kappa shape index (κ3) is 3.38. The van der Waals surface area contributed by atoms with E-state index in [0.717, 1.165) is 0 Å². The molecule has 1 unspecified atom stereocenters. The van der Waals surface area contributed by atoms with Crippen LogP contribution in [-0.4, -0.2) is 32.7 Å². The number of amides is 2. The predicted molar refractivity (Wildman–Crippen MR) is 75.8 cm³/mol. The van der Waals surface area contributed by atoms with E-state index in [0.29, 0.717) is 22.8 Å². The summed E-state index contributed by atoms with van der Waals surface area (Å²) in [6, 6.07) is 3.19. The molecule has 0 aliphatic carbocycles. The molecule has 0 saturated heterocycles. The number of halogens is 1. The molecule has 0 bridgehead atoms. The van der Waals surface area contributed by atoms with Crippen molar-refractivity contribution in [1.29, 1.82) is 0 Å². The predicted octanol–water partition coefficient (Wildman–Crippen LogP) is 2.07. The highest BCUT2D eigenvalue weighted by Gasteiger charge is 2.17. The molecule has 0 spiro atoms. The Bertz CT molecular complexity index is 594. The molecule has 0 aliphatic rings. The van der Waals surface area contributed by atoms with E-state index in [1.165, 1.54) is 4.90 Å². The van der Waals surface area contributed by atoms with Gasteiger partial charge >= 0.3 is 6.03 Å². The fourth-order valence-corrected chi connectivity index (χ4v) is 2.13. The van der Waals surface area contributed by atoms with E-state index in [9.17, 15) is 4.79 Å². The van der Waals surface area contributed by atoms with Gasteiger partial charge in [0.05, 0.1) is 12.6 Å². The number of furan rings is 1. The van der Waals surface area contributed by atoms with Gasteiger partial charge in [-0.15, -0.1) is 10.2 Å². The summed E-state index contributed by atoms with van der Waals surface area (Å²) < 4.78 is 7.79. The van der Waals surface area contributed by atoms with Gasteiger partial charge in [0.1, 0.15) is 12.1 Å². The van der Waals surface area contributed by atoms with Crippen molar-refractivity contribution in [2.75, 3.05) is 7.05 Å². The van der Waals surface area contributed by atoms with Crippen LogP contribution in [0, 0.1) is 0 Å². The van der Waals surface area contributed by atoms with Crippen LogP contribution in [0.25, 0.3) is 0 Å². The Hall–Kier alpha value is -1.83. The van der Waals surface area contributed by atoms with Gasteiger partial charge < -0.3 is 19.2 Å². The lowest BCUT2D eigenvalue weighted by Crippen LogP contribution is -2.38. The largest absolute Gasteiger partial charge is 0.452 e. The molecule has 0 radical (unpaired) electrons. The summed E-state index contributed by atoms with van der Waals surface area (Å²) in [5.41, 5.74) is 0. The van der Waals surface area contributed by atoms with Crippen molar-refractivity contribution < 1.29 is 9.21 Å². The molecule has 0 fully saturated rings. The van der Waals surface area contributed by atoms with E-state index in [-0.39, 0.29) is 12.1 Å². The second-order valence-corrected chi connectivity index (χ2v) is 5.31. The minimum atomic E-state index is -0.221. The first-order chi connectivity index (χ1) is 9.47. The number of aryl methyl sites for hydroxylation is 1. The number of rotatable bonds is 4. The molecule has 0 saturated carbocycles. The molecule has 1 atom stereocenters. The summed E-state index contributed by atoms with van der Waals surface area (Å²) in [6.07, 6.45) is 1.60. The molecule has 2 aromatic heterocycles. The van der Waals surface area contributed by atoms with Crippen LogP contribution in [0.3, 0.4) is 0 Å². The van der Waals surface area contributed by atoms with Gasteiger partial charge in [-0.1, -0.05) is 0 Å². The first-order valence-electron chi connectivity index (χ1n) is 6.07. The Kier molecular flexibility index (Phi) is 4.43. The van der Waals surface area contributed by atoms with E-state index in [2.05, 4.69) is 31.4 Å². The van der Waals surface area contributed by atoms with E-state index >= 15 is 0 Å². The number of urea groups is 1. The minimum Gasteiger partial charge on any atom is -0.452 e. The molecule has 2 aromatic rings. The highest BCUT2D eigenvalue weighted by atomic mass is 79.9. The maximum Gasteiger partial charge on any atom is 0.318 e. The van der Waals surface area contributed by atoms with Gasteiger partial charge in [-0.05, 0) is 35.0 Å². The maximum absolute atomic E-state index is 12.1. The van der Waals surface area contributed by atoms with E-state index in [1.54, 1.807) is 24.0 Å². The zero-order chi connectivity index (χ0) is 14.7. The average Bonchev–Trinajstić information content (AvgIpc) is 2.98. The Labute approximate surface area is 125 Å². The van der Waals surface area contributed by atoms with Crippen molar-refractivity contribution in [2.45, 2.75) is 19.5 Å². The van der Waals surface area contributed by atoms with Gasteiger partial charge in [0.15, 0.2) is 10.5 Å². The smallest absolute Gasteiger partial charge is 0.318 e. The zero-order valence-corrected chi connectivity index (χ0v) is 13.1. The van der Waals surface area contributed by atoms with E-state index < -0.39 is 0 Å². The summed E-state index contributed by atoms with van der Waals surface area (Å²) in [5.74, 6) is 1.41. The van der Waals surface area contributed by atoms with Crippen molar-refractivity contribution in [1.82, 2.24) is 25.0 Å². The molecule has 0 aromatic carbocycles. The van der Waals surface area contributed by atoms with Gasteiger partial charge in [0.2, 0.25) is 0 Å². The van der Waals surface area contributed by atoms with E-state index in [1.807, 2.05) is 20.0 Å². The van der Waals surface area contributed by atoms with Crippen LogP contribution < -0.4 is 5.32 Å². The fourth-order valence-electron chi connectivity index (χ4n) is 1.79. The van der Waals surface area contributed by atoms with Crippen molar-refractivity contribution >= 4 is 22.0 Å². The summed E-state index contributed by atoms with van der Waals surface area (Å²) in [7, 11) is 3.54. The lowest BCUT2D eigenvalue weighted by molar-refractivity contribution is 0.199. The Balaban J connectivity index is 1.92. The molecule has 2 heterocycles. The van der Waals surface area contributed by atoms with Crippen LogP contribution in [0.2, 0.25) is 0 Å². The number of carbonyl (C=O) groups is 1. The third-order valence-electron chi connectivity index (χ3n) is 2.84. The van der Waals surface area contributed by atoms with Crippen LogP contribution >= 0.6 is 15.9 Å². The molecule has 1 N–H and O–H groups in total. The summed E-state index contributed by atoms with van der Waals surface area (Å²) in [4.78, 5) is 13.6. The normalized spacial score (nSPS) is 12.2. The number of aromatic nitrogens is 3. The molecule has 8 heteroatoms. The molecule has 7 nitrogen and oxygen atoms in total. The second-order valence-electron chi connectivity index (χ2n) is 4.53. The van der Waals surface area contributed by atoms with Crippen LogP contribution in [-0.2, 0) is 13.6 Å². The van der Waals surface area contributed by atoms with Crippen LogP contribution in [0.1, 0.15) is 24.6 Å². The minimum absolute atomic E-state index is 0.201. The van der Waals surface area contributed by atoms with Crippen molar-refractivity contribution in [3.63, 3.8) is 0 Å². The first kappa shape index (κ1) is 14.6. The number of nitrogens with one attached hydrogen (secondary N) is 1. The molecule has 2 amide bonds. The van der Waals surface area contributed by atoms with Gasteiger partial charge in [-0.25, -0.2) is 4.79 Å². The SMILES string of the molecule is CC(NC(=O)N(C)Cc1ccc(Br)o1)c1nncn1C. The Morgan fingerprint density at radius 1 is 1.60 bits per heavy atom. The van der Waals surface area contributed by atoms with Crippen LogP contribution in [0.5, 0.6) is 0 Å². The number of carbonyl (C=O) groups excluding carboxylic acids is 1. The average molecular weight is 342 g/mol. The molecule has 20 heavy (non-hydrogen) atoms. The van der Waals surface area contributed by atoms with Gasteiger partial charge in [-0.2, -0.15) is 0 Å². The van der Waals surface area contributed by atoms with E-state index in [4.69, 9.17) is 4.42 Å². The Morgan fingerprint density at radius 2 is 2.35 bits per heavy atom. The van der Waals surface area contributed by atoms with Gasteiger partial charge in [-0.3, -0.25) is 0 Å². The van der Waals surface area contributed by atoms with Gasteiger partial charge in [0, 0.05) is 14.1 Å². The number of hydrogen-bond acceptors (Lipinski definition) is 4. The number of nitrogens with zero attached hydrogens (tertiary/aromatic N) is 4. The molecule has 2 rings (SSSR count). The van der Waals surface area contributed by atoms with Gasteiger partial charge in [0.25, 0.3) is 0 Å². The zero-order valence-electron chi connectivity index (χ0n) is 11.5. The number of hydrogen-bond donors (Lipinski definition) is 1. The second kappa shape index (κ2) is 6.08. The lowest BCUT2D eigenvalue weighted by atomic mass is 10.3. The van der Waals surface area contributed by atoms with Crippen molar-refractivity contribution in [2.24, 2.45) is 7.05 Å². The molecular weight excluding hydrogens is 326 g/mol. The van der Waals surface area contributed by atoms with Crippen LogP contribution in [0.4, 0.5) is 4.79 Å². The maximum atomic E-state index is 12.1. The highest BCUT2D eigenvalue weighted by molar-refractivity contribution is 9.10. The summed E-state index contributed by atoms with van der Waals surface area (Å²) in [6.45, 7) is 2.25. The first-order valence-corrected chi connectivity index (χ1v) is 6.86. The molecular formula is C12H16BrN5O2. The summed E-state index contributed by atoms with van der Waals surface area (Å²) >= 11 is 3.23. The topological polar surface area (TPSA) is 76.2 Å². The van der Waals surface area contributed by atoms with Crippen molar-refractivity contribution in [3.05, 3.63) is 34.7 Å². The molecule has 108 valence electrons. The summed E-state index contributed by atoms with van der Waals surface area (Å²) in [5, 5.41) is 10.6. The monoisotopic (exact) mass is 341 g/mol. The van der Waals surface area contributed by atoms with Crippen LogP contribution in [0.15, 0.2) is 27.5 Å². The van der Waals surface area contributed by atoms with Crippen molar-refractivity contribution in [3.8, 4) is 0 Å². The highest BCUT2D eigenvalue weighted by Crippen LogP contribution is 2.15. The third-order valence-corrected chi connectivity index (χ3v) is 3.27. The fraction of sp³-hybridized carbons (Fsp3) is 0.417. The Morgan fingerprint density at radius 3 is 2.90 bits per heavy atom. The molecule has 0 aliphatic heterocycles.